The molecule has 3 heterocycles. The van der Waals surface area contributed by atoms with Crippen LogP contribution in [0.5, 0.6) is 0 Å². The van der Waals surface area contributed by atoms with E-state index in [2.05, 4.69) is 25.9 Å². The molecule has 2 aromatic rings. The first-order valence-corrected chi connectivity index (χ1v) is 8.99. The van der Waals surface area contributed by atoms with Gasteiger partial charge in [-0.3, -0.25) is 10.1 Å². The lowest BCUT2D eigenvalue weighted by Crippen LogP contribution is -2.30. The maximum Gasteiger partial charge on any atom is 0.279 e. The van der Waals surface area contributed by atoms with Gasteiger partial charge in [0.2, 0.25) is 0 Å². The number of anilines is 1. The summed E-state index contributed by atoms with van der Waals surface area (Å²) >= 11 is 1.48. The molecule has 122 valence electrons. The third kappa shape index (κ3) is 3.00. The highest BCUT2D eigenvalue weighted by Gasteiger charge is 2.27. The molecule has 23 heavy (non-hydrogen) atoms. The molecule has 2 aliphatic rings. The van der Waals surface area contributed by atoms with Crippen molar-refractivity contribution < 1.29 is 4.79 Å². The second-order valence-corrected chi connectivity index (χ2v) is 7.11. The van der Waals surface area contributed by atoms with E-state index < -0.39 is 0 Å². The van der Waals surface area contributed by atoms with E-state index in [1.807, 2.05) is 17.0 Å². The zero-order valence-electron chi connectivity index (χ0n) is 13.1. The van der Waals surface area contributed by atoms with Crippen LogP contribution in [0.4, 0.5) is 5.13 Å². The van der Waals surface area contributed by atoms with Gasteiger partial charge in [0.15, 0.2) is 10.8 Å². The molecule has 0 atom stereocenters. The summed E-state index contributed by atoms with van der Waals surface area (Å²) in [5.74, 6) is 0.374. The van der Waals surface area contributed by atoms with Crippen LogP contribution in [-0.4, -0.2) is 39.0 Å². The minimum Gasteiger partial charge on any atom is -0.317 e. The van der Waals surface area contributed by atoms with Gasteiger partial charge in [-0.15, -0.1) is 16.4 Å². The topological polar surface area (TPSA) is 84.7 Å². The van der Waals surface area contributed by atoms with Crippen LogP contribution in [0.15, 0.2) is 5.38 Å². The van der Waals surface area contributed by atoms with Crippen molar-refractivity contribution in [2.45, 2.75) is 44.6 Å². The van der Waals surface area contributed by atoms with Gasteiger partial charge < -0.3 is 5.32 Å². The zero-order chi connectivity index (χ0) is 15.8. The molecule has 2 N–H and O–H groups in total. The molecule has 1 amide bonds. The van der Waals surface area contributed by atoms with Crippen LogP contribution in [0.2, 0.25) is 0 Å². The second-order valence-electron chi connectivity index (χ2n) is 6.26. The molecule has 1 saturated carbocycles. The lowest BCUT2D eigenvalue weighted by Gasteiger charge is -2.23. The molecule has 2 aromatic heterocycles. The number of hydrogen-bond donors (Lipinski definition) is 2. The van der Waals surface area contributed by atoms with Gasteiger partial charge in [-0.05, 0) is 45.7 Å². The molecule has 4 rings (SSSR count). The number of carbonyl (C=O) groups is 1. The first kappa shape index (κ1) is 14.8. The standard InChI is InChI=1S/C15H20N6OS/c1-9-13(19-20-21(9)11-4-6-16-7-5-11)14(22)18-15-17-12(8-23-15)10-2-3-10/h8,10-11,16H,2-7H2,1H3,(H,17,18,22). The Labute approximate surface area is 138 Å². The van der Waals surface area contributed by atoms with Gasteiger partial charge in [-0.25, -0.2) is 9.67 Å². The Kier molecular flexibility index (Phi) is 3.86. The molecule has 0 aromatic carbocycles. The van der Waals surface area contributed by atoms with Gasteiger partial charge in [0.1, 0.15) is 0 Å². The van der Waals surface area contributed by atoms with Crippen LogP contribution >= 0.6 is 11.3 Å². The molecular weight excluding hydrogens is 312 g/mol. The average molecular weight is 332 g/mol. The van der Waals surface area contributed by atoms with Crippen LogP contribution in [0.3, 0.4) is 0 Å². The van der Waals surface area contributed by atoms with Gasteiger partial charge in [0.05, 0.1) is 17.4 Å². The van der Waals surface area contributed by atoms with Gasteiger partial charge in [0.25, 0.3) is 5.91 Å². The van der Waals surface area contributed by atoms with Crippen molar-refractivity contribution in [1.29, 1.82) is 0 Å². The summed E-state index contributed by atoms with van der Waals surface area (Å²) in [6, 6.07) is 0.326. The van der Waals surface area contributed by atoms with E-state index in [0.717, 1.165) is 37.3 Å². The van der Waals surface area contributed by atoms with Gasteiger partial charge in [-0.1, -0.05) is 5.21 Å². The Bertz CT molecular complexity index is 713. The van der Waals surface area contributed by atoms with Crippen molar-refractivity contribution in [3.63, 3.8) is 0 Å². The Morgan fingerprint density at radius 3 is 2.87 bits per heavy atom. The van der Waals surface area contributed by atoms with Crippen LogP contribution in [0.1, 0.15) is 59.5 Å². The van der Waals surface area contributed by atoms with E-state index >= 15 is 0 Å². The highest BCUT2D eigenvalue weighted by Crippen LogP contribution is 2.40. The van der Waals surface area contributed by atoms with Crippen molar-refractivity contribution in [1.82, 2.24) is 25.3 Å². The number of aromatic nitrogens is 4. The highest BCUT2D eigenvalue weighted by molar-refractivity contribution is 7.14. The van der Waals surface area contributed by atoms with Crippen molar-refractivity contribution in [2.75, 3.05) is 18.4 Å². The summed E-state index contributed by atoms with van der Waals surface area (Å²) < 4.78 is 1.90. The van der Waals surface area contributed by atoms with E-state index in [1.165, 1.54) is 24.2 Å². The number of hydrogen-bond acceptors (Lipinski definition) is 6. The molecular formula is C15H20N6OS. The maximum atomic E-state index is 12.5. The molecule has 0 spiro atoms. The average Bonchev–Trinajstić information content (AvgIpc) is 3.19. The van der Waals surface area contributed by atoms with E-state index in [-0.39, 0.29) is 5.91 Å². The predicted molar refractivity (Wildman–Crippen MR) is 87.9 cm³/mol. The van der Waals surface area contributed by atoms with Crippen molar-refractivity contribution in [2.24, 2.45) is 0 Å². The number of thiazole rings is 1. The highest BCUT2D eigenvalue weighted by atomic mass is 32.1. The van der Waals surface area contributed by atoms with Gasteiger partial charge >= 0.3 is 0 Å². The maximum absolute atomic E-state index is 12.5. The first-order chi connectivity index (χ1) is 11.2. The molecule has 0 unspecified atom stereocenters. The van der Waals surface area contributed by atoms with Crippen LogP contribution in [0.25, 0.3) is 0 Å². The summed E-state index contributed by atoms with van der Waals surface area (Å²) in [4.78, 5) is 16.9. The molecule has 8 heteroatoms. The fraction of sp³-hybridized carbons (Fsp3) is 0.600. The molecule has 1 saturated heterocycles. The summed E-state index contributed by atoms with van der Waals surface area (Å²) in [7, 11) is 0. The monoisotopic (exact) mass is 332 g/mol. The summed E-state index contributed by atoms with van der Waals surface area (Å²) in [6.07, 6.45) is 4.45. The van der Waals surface area contributed by atoms with E-state index in [1.54, 1.807) is 0 Å². The fourth-order valence-corrected chi connectivity index (χ4v) is 3.80. The second kappa shape index (κ2) is 6.01. The van der Waals surface area contributed by atoms with Crippen LogP contribution in [0, 0.1) is 6.92 Å². The van der Waals surface area contributed by atoms with E-state index in [9.17, 15) is 4.79 Å². The minimum absolute atomic E-state index is 0.223. The number of amides is 1. The number of piperidine rings is 1. The molecule has 7 nitrogen and oxygen atoms in total. The number of nitrogens with one attached hydrogen (secondary N) is 2. The molecule has 0 bridgehead atoms. The SMILES string of the molecule is Cc1c(C(=O)Nc2nc(C3CC3)cs2)nnn1C1CCNCC1. The number of nitrogens with zero attached hydrogens (tertiary/aromatic N) is 4. The van der Waals surface area contributed by atoms with Gasteiger partial charge in [-0.2, -0.15) is 0 Å². The Hall–Kier alpha value is -1.80. The predicted octanol–water partition coefficient (Wildman–Crippen LogP) is 2.10. The molecule has 2 fully saturated rings. The van der Waals surface area contributed by atoms with Gasteiger partial charge in [0, 0.05) is 11.3 Å². The van der Waals surface area contributed by atoms with E-state index in [0.29, 0.717) is 22.8 Å². The van der Waals surface area contributed by atoms with Crippen LogP contribution in [-0.2, 0) is 0 Å². The Morgan fingerprint density at radius 2 is 2.13 bits per heavy atom. The van der Waals surface area contributed by atoms with E-state index in [4.69, 9.17) is 0 Å². The minimum atomic E-state index is -0.223. The zero-order valence-corrected chi connectivity index (χ0v) is 13.9. The summed E-state index contributed by atoms with van der Waals surface area (Å²) in [5, 5.41) is 17.2. The summed E-state index contributed by atoms with van der Waals surface area (Å²) in [5.41, 5.74) is 2.32. The third-order valence-corrected chi connectivity index (χ3v) is 5.31. The quantitative estimate of drug-likeness (QED) is 0.895. The van der Waals surface area contributed by atoms with Crippen LogP contribution < -0.4 is 10.6 Å². The first-order valence-electron chi connectivity index (χ1n) is 8.11. The number of rotatable bonds is 4. The molecule has 1 aliphatic heterocycles. The van der Waals surface area contributed by atoms with Crippen molar-refractivity contribution >= 4 is 22.4 Å². The molecule has 1 aliphatic carbocycles. The lowest BCUT2D eigenvalue weighted by molar-refractivity contribution is 0.102. The third-order valence-electron chi connectivity index (χ3n) is 4.54. The summed E-state index contributed by atoms with van der Waals surface area (Å²) in [6.45, 7) is 3.87. The van der Waals surface area contributed by atoms with Crippen molar-refractivity contribution in [3.8, 4) is 0 Å². The van der Waals surface area contributed by atoms with Crippen molar-refractivity contribution in [3.05, 3.63) is 22.5 Å². The Morgan fingerprint density at radius 1 is 1.35 bits per heavy atom. The lowest BCUT2D eigenvalue weighted by atomic mass is 10.1. The number of carbonyl (C=O) groups excluding carboxylic acids is 1. The molecule has 0 radical (unpaired) electrons. The smallest absolute Gasteiger partial charge is 0.279 e. The normalized spacial score (nSPS) is 19.0. The largest absolute Gasteiger partial charge is 0.317 e. The fourth-order valence-electron chi connectivity index (χ4n) is 3.02. The Balaban J connectivity index is 1.48.